The molecule has 0 aromatic heterocycles. The summed E-state index contributed by atoms with van der Waals surface area (Å²) in [7, 11) is 0. The Bertz CT molecular complexity index is 819. The number of hydrogen-bond donors (Lipinski definition) is 1. The molecular formula is C22H25FN2O. The zero-order valence-electron chi connectivity index (χ0n) is 15.6. The molecule has 0 fully saturated rings. The van der Waals surface area contributed by atoms with Gasteiger partial charge in [0.1, 0.15) is 5.82 Å². The molecule has 0 saturated heterocycles. The van der Waals surface area contributed by atoms with Crippen molar-refractivity contribution in [1.29, 1.82) is 0 Å². The van der Waals surface area contributed by atoms with E-state index in [2.05, 4.69) is 32.2 Å². The van der Waals surface area contributed by atoms with Crippen LogP contribution in [0.5, 0.6) is 0 Å². The number of hydrogen-bond acceptors (Lipinski definition) is 1. The van der Waals surface area contributed by atoms with Gasteiger partial charge >= 0.3 is 6.03 Å². The maximum Gasteiger partial charge on any atom is 0.322 e. The van der Waals surface area contributed by atoms with E-state index in [0.29, 0.717) is 13.1 Å². The summed E-state index contributed by atoms with van der Waals surface area (Å²) in [6.07, 6.45) is 2.81. The third kappa shape index (κ3) is 4.13. The topological polar surface area (TPSA) is 32.3 Å². The minimum absolute atomic E-state index is 0.0403. The van der Waals surface area contributed by atoms with Crippen LogP contribution in [0.1, 0.15) is 38.3 Å². The van der Waals surface area contributed by atoms with Crippen molar-refractivity contribution in [2.45, 2.75) is 32.6 Å². The number of benzene rings is 2. The monoisotopic (exact) mass is 352 g/mol. The largest absolute Gasteiger partial charge is 0.322 e. The minimum atomic E-state index is -0.233. The van der Waals surface area contributed by atoms with Crippen LogP contribution in [0.2, 0.25) is 0 Å². The smallest absolute Gasteiger partial charge is 0.320 e. The third-order valence-corrected chi connectivity index (χ3v) is 4.69. The fraction of sp³-hybridized carbons (Fsp3) is 0.318. The number of nitrogens with zero attached hydrogens (tertiary/aromatic N) is 1. The highest BCUT2D eigenvalue weighted by molar-refractivity contribution is 5.91. The Labute approximate surface area is 154 Å². The highest BCUT2D eigenvalue weighted by atomic mass is 19.1. The van der Waals surface area contributed by atoms with Crippen molar-refractivity contribution < 1.29 is 9.18 Å². The fourth-order valence-corrected chi connectivity index (χ4v) is 3.22. The van der Waals surface area contributed by atoms with Crippen LogP contribution in [0, 0.1) is 5.82 Å². The highest BCUT2D eigenvalue weighted by Gasteiger charge is 2.22. The Hall–Kier alpha value is -2.62. The zero-order valence-corrected chi connectivity index (χ0v) is 15.6. The summed E-state index contributed by atoms with van der Waals surface area (Å²) in [6, 6.07) is 14.4. The number of rotatable bonds is 2. The molecule has 3 nitrogen and oxygen atoms in total. The van der Waals surface area contributed by atoms with Crippen molar-refractivity contribution in [2.75, 3.05) is 18.4 Å². The number of carbonyl (C=O) groups is 1. The molecular weight excluding hydrogens is 327 g/mol. The molecule has 0 radical (unpaired) electrons. The fourth-order valence-electron chi connectivity index (χ4n) is 3.22. The summed E-state index contributed by atoms with van der Waals surface area (Å²) in [5.41, 5.74) is 4.11. The van der Waals surface area contributed by atoms with Gasteiger partial charge in [-0.2, -0.15) is 0 Å². The zero-order chi connectivity index (χ0) is 18.7. The molecule has 2 aromatic rings. The molecule has 0 aliphatic carbocycles. The molecule has 3 rings (SSSR count). The number of halogens is 1. The molecule has 26 heavy (non-hydrogen) atoms. The Kier molecular flexibility index (Phi) is 5.12. The van der Waals surface area contributed by atoms with Crippen LogP contribution in [-0.4, -0.2) is 24.0 Å². The number of amides is 2. The predicted octanol–water partition coefficient (Wildman–Crippen LogP) is 5.44. The van der Waals surface area contributed by atoms with Gasteiger partial charge < -0.3 is 10.2 Å². The van der Waals surface area contributed by atoms with Gasteiger partial charge in [0, 0.05) is 18.8 Å². The lowest BCUT2D eigenvalue weighted by Gasteiger charge is -2.28. The van der Waals surface area contributed by atoms with E-state index < -0.39 is 0 Å². The molecule has 0 atom stereocenters. The Morgan fingerprint density at radius 3 is 2.38 bits per heavy atom. The first-order valence-corrected chi connectivity index (χ1v) is 8.95. The van der Waals surface area contributed by atoms with Crippen molar-refractivity contribution >= 4 is 17.3 Å². The van der Waals surface area contributed by atoms with Gasteiger partial charge in [-0.3, -0.25) is 0 Å². The molecule has 1 heterocycles. The Balaban J connectivity index is 1.69. The summed E-state index contributed by atoms with van der Waals surface area (Å²) in [6.45, 7) is 7.60. The van der Waals surface area contributed by atoms with Crippen LogP contribution in [0.3, 0.4) is 0 Å². The van der Waals surface area contributed by atoms with Gasteiger partial charge in [0.25, 0.3) is 0 Å². The molecule has 2 aromatic carbocycles. The van der Waals surface area contributed by atoms with E-state index in [-0.39, 0.29) is 17.3 Å². The molecule has 0 unspecified atom stereocenters. The average molecular weight is 352 g/mol. The molecule has 136 valence electrons. The van der Waals surface area contributed by atoms with Crippen LogP contribution in [-0.2, 0) is 5.41 Å². The van der Waals surface area contributed by atoms with Gasteiger partial charge in [-0.1, -0.05) is 57.2 Å². The minimum Gasteiger partial charge on any atom is -0.320 e. The normalized spacial score (nSPS) is 14.8. The lowest BCUT2D eigenvalue weighted by molar-refractivity contribution is 0.217. The second kappa shape index (κ2) is 7.32. The van der Waals surface area contributed by atoms with Crippen LogP contribution >= 0.6 is 0 Å². The van der Waals surface area contributed by atoms with Gasteiger partial charge in [0.15, 0.2) is 0 Å². The van der Waals surface area contributed by atoms with Crippen molar-refractivity contribution in [2.24, 2.45) is 0 Å². The summed E-state index contributed by atoms with van der Waals surface area (Å²) in [5.74, 6) is -0.233. The van der Waals surface area contributed by atoms with Crippen LogP contribution in [0.15, 0.2) is 54.6 Å². The van der Waals surface area contributed by atoms with Gasteiger partial charge in [-0.05, 0) is 46.7 Å². The van der Waals surface area contributed by atoms with Crippen molar-refractivity contribution in [3.05, 3.63) is 71.6 Å². The van der Waals surface area contributed by atoms with Gasteiger partial charge in [0.2, 0.25) is 0 Å². The average Bonchev–Trinajstić information content (AvgIpc) is 2.62. The second-order valence-electron chi connectivity index (χ2n) is 7.66. The highest BCUT2D eigenvalue weighted by Crippen LogP contribution is 2.30. The third-order valence-electron chi connectivity index (χ3n) is 4.69. The molecule has 0 spiro atoms. The lowest BCUT2D eigenvalue weighted by Crippen LogP contribution is -2.38. The van der Waals surface area contributed by atoms with E-state index in [1.54, 1.807) is 17.0 Å². The molecule has 1 N–H and O–H groups in total. The van der Waals surface area contributed by atoms with E-state index in [4.69, 9.17) is 0 Å². The van der Waals surface area contributed by atoms with Crippen molar-refractivity contribution in [1.82, 2.24) is 4.90 Å². The maximum absolute atomic E-state index is 13.1. The quantitative estimate of drug-likeness (QED) is 0.766. The molecule has 4 heteroatoms. The van der Waals surface area contributed by atoms with Crippen LogP contribution < -0.4 is 5.32 Å². The van der Waals surface area contributed by atoms with Gasteiger partial charge in [0.05, 0.1) is 0 Å². The Morgan fingerprint density at radius 1 is 1.08 bits per heavy atom. The van der Waals surface area contributed by atoms with E-state index in [0.717, 1.165) is 28.8 Å². The van der Waals surface area contributed by atoms with Gasteiger partial charge in [-0.15, -0.1) is 0 Å². The van der Waals surface area contributed by atoms with Gasteiger partial charge in [-0.25, -0.2) is 9.18 Å². The molecule has 0 saturated carbocycles. The van der Waals surface area contributed by atoms with E-state index >= 15 is 0 Å². The maximum atomic E-state index is 13.1. The number of nitrogens with one attached hydrogen (secondary N) is 1. The van der Waals surface area contributed by atoms with Crippen LogP contribution in [0.25, 0.3) is 5.57 Å². The standard InChI is InChI=1S/C22H25FN2O/c1-22(2,3)19-6-4-5-7-20(19)24-21(26)25-14-12-17(13-15-25)16-8-10-18(23)11-9-16/h4-12H,13-15H2,1-3H3,(H,24,26). The first-order valence-electron chi connectivity index (χ1n) is 8.95. The molecule has 1 aliphatic heterocycles. The lowest BCUT2D eigenvalue weighted by atomic mass is 9.86. The predicted molar refractivity (Wildman–Crippen MR) is 105 cm³/mol. The summed E-state index contributed by atoms with van der Waals surface area (Å²) >= 11 is 0. The molecule has 1 aliphatic rings. The van der Waals surface area contributed by atoms with E-state index in [1.807, 2.05) is 24.3 Å². The summed E-state index contributed by atoms with van der Waals surface area (Å²) in [4.78, 5) is 14.5. The molecule has 2 amide bonds. The number of urea groups is 1. The van der Waals surface area contributed by atoms with E-state index in [1.165, 1.54) is 12.1 Å². The first kappa shape index (κ1) is 18.2. The Morgan fingerprint density at radius 2 is 1.77 bits per heavy atom. The number of carbonyl (C=O) groups excluding carboxylic acids is 1. The second-order valence-corrected chi connectivity index (χ2v) is 7.66. The summed E-state index contributed by atoms with van der Waals surface area (Å²) in [5, 5.41) is 3.06. The molecule has 0 bridgehead atoms. The van der Waals surface area contributed by atoms with Crippen molar-refractivity contribution in [3.8, 4) is 0 Å². The number of para-hydroxylation sites is 1. The summed E-state index contributed by atoms with van der Waals surface area (Å²) < 4.78 is 13.1. The first-order chi connectivity index (χ1) is 12.3. The number of anilines is 1. The SMILES string of the molecule is CC(C)(C)c1ccccc1NC(=O)N1CC=C(c2ccc(F)cc2)CC1. The van der Waals surface area contributed by atoms with Crippen LogP contribution in [0.4, 0.5) is 14.9 Å². The van der Waals surface area contributed by atoms with Crippen molar-refractivity contribution in [3.63, 3.8) is 0 Å². The van der Waals surface area contributed by atoms with E-state index in [9.17, 15) is 9.18 Å².